The summed E-state index contributed by atoms with van der Waals surface area (Å²) >= 11 is 12.2. The third kappa shape index (κ3) is 14.6. The molecule has 0 aromatic heterocycles. The molecule has 77 heavy (non-hydrogen) atoms. The standard InChI is InChI=1S/2C27H24ClN3O6S.Ba/c2*1-3-16-14-23(24(15-22(16)28)38(34,35)36)30-31-25-20-8-6-5-7-17(20)13-21(26(25)32)27(33)29-18-9-11-19(12-10-18)37-4-2;/h2*5-15,32H,3-4H2,1-2H3,(H,29,33)(H,34,35,36);/q;;+2/p-2. The summed E-state index contributed by atoms with van der Waals surface area (Å²) in [5.41, 5.74) is 1.18. The van der Waals surface area contributed by atoms with Gasteiger partial charge in [-0.05, 0) is 134 Å². The molecule has 0 aliphatic carbocycles. The second-order valence-corrected chi connectivity index (χ2v) is 19.9. The molecule has 2 amide bonds. The summed E-state index contributed by atoms with van der Waals surface area (Å²) in [5.74, 6) is -1.13. The minimum absolute atomic E-state index is 0. The van der Waals surface area contributed by atoms with Crippen molar-refractivity contribution in [2.75, 3.05) is 23.8 Å². The second kappa shape index (κ2) is 26.3. The Balaban J connectivity index is 0.000000246. The zero-order valence-electron chi connectivity index (χ0n) is 41.6. The van der Waals surface area contributed by atoms with Crippen molar-refractivity contribution in [2.45, 2.75) is 50.3 Å². The number of phenols is 1. The molecule has 0 spiro atoms. The number of halogens is 2. The third-order valence-corrected chi connectivity index (χ3v) is 13.8. The van der Waals surface area contributed by atoms with Gasteiger partial charge in [-0.3, -0.25) is 14.1 Å². The molecule has 0 radical (unpaired) electrons. The minimum atomic E-state index is -4.94. The maximum Gasteiger partial charge on any atom is 2.00 e. The number of aromatic hydroxyl groups is 1. The van der Waals surface area contributed by atoms with Gasteiger partial charge in [-0.1, -0.05) is 91.3 Å². The zero-order valence-corrected chi connectivity index (χ0v) is 49.2. The van der Waals surface area contributed by atoms with Gasteiger partial charge in [0, 0.05) is 37.8 Å². The SMILES string of the molecule is CCOc1ccc(NC(=O)c2cc3ccccc3c(N=Nc3cc(CC)c(Cl)cc3S(=O)(=O)O)c2O)cc1.CCOc1ccc(NC(=O)c2cc3ccccc3c(N=Nc3cc(CC)c(Cl)cc3S(=O)(=O)[O-])c2[O-])cc1.[Ba+2]. The van der Waals surface area contributed by atoms with Crippen molar-refractivity contribution in [2.24, 2.45) is 20.5 Å². The van der Waals surface area contributed by atoms with E-state index in [9.17, 15) is 45.7 Å². The van der Waals surface area contributed by atoms with E-state index in [1.54, 1.807) is 104 Å². The van der Waals surface area contributed by atoms with Crippen LogP contribution < -0.4 is 25.2 Å². The summed E-state index contributed by atoms with van der Waals surface area (Å²) in [4.78, 5) is 25.0. The van der Waals surface area contributed by atoms with Gasteiger partial charge in [-0.2, -0.15) is 13.5 Å². The van der Waals surface area contributed by atoms with Gasteiger partial charge >= 0.3 is 48.9 Å². The average Bonchev–Trinajstić information content (AvgIpc) is 3.40. The van der Waals surface area contributed by atoms with E-state index in [0.717, 1.165) is 12.1 Å². The molecular weight excluding hydrogens is 1200 g/mol. The maximum atomic E-state index is 13.4. The normalized spacial score (nSPS) is 11.5. The van der Waals surface area contributed by atoms with Gasteiger partial charge < -0.3 is 34.9 Å². The summed E-state index contributed by atoms with van der Waals surface area (Å²) in [6, 6.07) is 34.9. The third-order valence-electron chi connectivity index (χ3n) is 11.4. The predicted molar refractivity (Wildman–Crippen MR) is 294 cm³/mol. The molecule has 0 aliphatic heterocycles. The summed E-state index contributed by atoms with van der Waals surface area (Å²) < 4.78 is 79.9. The van der Waals surface area contributed by atoms with Crippen molar-refractivity contribution in [3.05, 3.63) is 166 Å². The molecule has 0 saturated heterocycles. The number of hydrogen-bond acceptors (Lipinski definition) is 15. The van der Waals surface area contributed by atoms with Gasteiger partial charge in [-0.15, -0.1) is 15.3 Å². The molecule has 18 nitrogen and oxygen atoms in total. The Morgan fingerprint density at radius 3 is 1.45 bits per heavy atom. The number of carbonyl (C=O) groups excluding carboxylic acids is 2. The van der Waals surface area contributed by atoms with E-state index in [-0.39, 0.29) is 92.8 Å². The molecule has 0 atom stereocenters. The number of benzene rings is 8. The number of phenolic OH excluding ortho intramolecular Hbond substituents is 1. The maximum absolute atomic E-state index is 13.4. The van der Waals surface area contributed by atoms with E-state index in [0.29, 0.717) is 81.6 Å². The van der Waals surface area contributed by atoms with Crippen molar-refractivity contribution in [3.8, 4) is 23.0 Å². The quantitative estimate of drug-likeness (QED) is 0.0399. The van der Waals surface area contributed by atoms with E-state index in [1.165, 1.54) is 24.3 Å². The van der Waals surface area contributed by atoms with Crippen molar-refractivity contribution < 1.29 is 55.2 Å². The smallest absolute Gasteiger partial charge is 0.870 e. The molecule has 0 saturated carbocycles. The molecule has 8 rings (SSSR count). The number of rotatable bonds is 16. The van der Waals surface area contributed by atoms with Crippen LogP contribution in [0.5, 0.6) is 23.0 Å². The number of nitrogens with zero attached hydrogens (tertiary/aromatic N) is 4. The van der Waals surface area contributed by atoms with Gasteiger partial charge in [0.25, 0.3) is 21.9 Å². The van der Waals surface area contributed by atoms with Crippen LogP contribution in [0.2, 0.25) is 10.0 Å². The Morgan fingerprint density at radius 1 is 0.584 bits per heavy atom. The number of fused-ring (bicyclic) bond motifs is 2. The van der Waals surface area contributed by atoms with Gasteiger partial charge in [-0.25, -0.2) is 8.42 Å². The summed E-state index contributed by atoms with van der Waals surface area (Å²) in [7, 11) is -9.62. The monoisotopic (exact) mass is 1240 g/mol. The molecule has 0 heterocycles. The molecule has 8 aromatic carbocycles. The number of carbonyl (C=O) groups is 2. The Kier molecular flexibility index (Phi) is 20.4. The van der Waals surface area contributed by atoms with Gasteiger partial charge in [0.15, 0.2) is 5.75 Å². The van der Waals surface area contributed by atoms with Crippen LogP contribution >= 0.6 is 23.2 Å². The minimum Gasteiger partial charge on any atom is -0.870 e. The molecule has 4 N–H and O–H groups in total. The summed E-state index contributed by atoms with van der Waals surface area (Å²) in [6.07, 6.45) is 0.917. The van der Waals surface area contributed by atoms with Crippen LogP contribution in [0.15, 0.2) is 164 Å². The molecule has 392 valence electrons. The molecule has 0 bridgehead atoms. The Morgan fingerprint density at radius 2 is 1.00 bits per heavy atom. The first-order valence-electron chi connectivity index (χ1n) is 23.2. The van der Waals surface area contributed by atoms with E-state index >= 15 is 0 Å². The van der Waals surface area contributed by atoms with Crippen molar-refractivity contribution in [1.29, 1.82) is 0 Å². The van der Waals surface area contributed by atoms with E-state index in [1.807, 2.05) is 20.8 Å². The molecule has 0 aliphatic rings. The Hall–Kier alpha value is -6.41. The van der Waals surface area contributed by atoms with E-state index in [2.05, 4.69) is 31.1 Å². The summed E-state index contributed by atoms with van der Waals surface area (Å²) in [5, 5.41) is 48.3. The van der Waals surface area contributed by atoms with Crippen LogP contribution in [0.1, 0.15) is 59.5 Å². The van der Waals surface area contributed by atoms with Crippen molar-refractivity contribution >= 4 is 160 Å². The van der Waals surface area contributed by atoms with Crippen molar-refractivity contribution in [3.63, 3.8) is 0 Å². The first-order valence-corrected chi connectivity index (χ1v) is 26.8. The fraction of sp³-hybridized carbons (Fsp3) is 0.148. The van der Waals surface area contributed by atoms with E-state index in [4.69, 9.17) is 32.7 Å². The number of nitrogens with one attached hydrogen (secondary N) is 2. The number of aryl methyl sites for hydroxylation is 2. The van der Waals surface area contributed by atoms with Crippen LogP contribution in [0, 0.1) is 0 Å². The van der Waals surface area contributed by atoms with Crippen LogP contribution in [-0.2, 0) is 33.1 Å². The molecular formula is C54H46BaCl2N6O12S2. The van der Waals surface area contributed by atoms with Crippen LogP contribution in [0.4, 0.5) is 34.1 Å². The molecule has 23 heteroatoms. The Labute approximate surface area is 493 Å². The van der Waals surface area contributed by atoms with Gasteiger partial charge in [0.05, 0.1) is 29.4 Å². The number of ether oxygens (including phenoxy) is 2. The number of azo groups is 2. The first-order chi connectivity index (χ1) is 36.2. The van der Waals surface area contributed by atoms with Crippen molar-refractivity contribution in [1.82, 2.24) is 0 Å². The molecule has 8 aromatic rings. The average molecular weight is 1240 g/mol. The fourth-order valence-corrected chi connectivity index (χ4v) is 9.63. The Bertz CT molecular complexity index is 3560. The fourth-order valence-electron chi connectivity index (χ4n) is 7.65. The van der Waals surface area contributed by atoms with Gasteiger partial charge in [0.1, 0.15) is 43.6 Å². The summed E-state index contributed by atoms with van der Waals surface area (Å²) in [6.45, 7) is 8.35. The predicted octanol–water partition coefficient (Wildman–Crippen LogP) is 12.8. The molecule has 0 unspecified atom stereocenters. The topological polar surface area (TPSA) is 281 Å². The number of hydrogen-bond donors (Lipinski definition) is 4. The molecule has 0 fully saturated rings. The zero-order chi connectivity index (χ0) is 54.9. The van der Waals surface area contributed by atoms with Gasteiger partial charge in [0.2, 0.25) is 0 Å². The number of anilines is 2. The number of amides is 2. The second-order valence-electron chi connectivity index (χ2n) is 16.3. The van der Waals surface area contributed by atoms with Crippen LogP contribution in [-0.4, -0.2) is 105 Å². The van der Waals surface area contributed by atoms with Crippen LogP contribution in [0.25, 0.3) is 21.5 Å². The largest absolute Gasteiger partial charge is 2.00 e. The first kappa shape index (κ1) is 59.8. The van der Waals surface area contributed by atoms with Crippen LogP contribution in [0.3, 0.4) is 0 Å². The van der Waals surface area contributed by atoms with E-state index < -0.39 is 53.3 Å².